The van der Waals surface area contributed by atoms with Crippen molar-refractivity contribution < 1.29 is 9.36 Å². The van der Waals surface area contributed by atoms with Crippen molar-refractivity contribution >= 4 is 6.29 Å². The first-order valence-corrected chi connectivity index (χ1v) is 8.59. The van der Waals surface area contributed by atoms with Crippen molar-refractivity contribution in [2.75, 3.05) is 13.1 Å². The number of H-pyrrole nitrogens is 1. The summed E-state index contributed by atoms with van der Waals surface area (Å²) in [4.78, 5) is 13.2. The van der Waals surface area contributed by atoms with Gasteiger partial charge in [0.05, 0.1) is 0 Å². The van der Waals surface area contributed by atoms with Crippen molar-refractivity contribution in [3.05, 3.63) is 18.7 Å². The van der Waals surface area contributed by atoms with E-state index in [9.17, 15) is 4.79 Å². The first kappa shape index (κ1) is 17.9. The molecule has 0 amide bonds. The fraction of sp³-hybridized carbons (Fsp3) is 0.765. The lowest BCUT2D eigenvalue weighted by molar-refractivity contribution is -0.693. The van der Waals surface area contributed by atoms with Crippen LogP contribution in [-0.2, 0) is 11.3 Å². The van der Waals surface area contributed by atoms with E-state index in [0.29, 0.717) is 0 Å². The normalized spacial score (nSPS) is 10.9. The Hall–Kier alpha value is -1.16. The Labute approximate surface area is 129 Å². The predicted octanol–water partition coefficient (Wildman–Crippen LogP) is 2.99. The molecule has 0 unspecified atom stereocenters. The van der Waals surface area contributed by atoms with Gasteiger partial charge in [0, 0.05) is 13.0 Å². The Morgan fingerprint density at radius 3 is 2.19 bits per heavy atom. The molecule has 0 fully saturated rings. The zero-order chi connectivity index (χ0) is 15.0. The highest BCUT2D eigenvalue weighted by Crippen LogP contribution is 2.09. The Kier molecular flexibility index (Phi) is 11.8. The van der Waals surface area contributed by atoms with E-state index in [4.69, 9.17) is 0 Å². The topological polar surface area (TPSA) is 48.8 Å². The van der Waals surface area contributed by atoms with E-state index in [1.165, 1.54) is 51.4 Å². The molecule has 120 valence electrons. The van der Waals surface area contributed by atoms with E-state index < -0.39 is 0 Å². The van der Waals surface area contributed by atoms with Gasteiger partial charge in [0.15, 0.2) is 0 Å². The number of nitrogens with one attached hydrogen (secondary N) is 2. The Bertz CT molecular complexity index is 325. The standard InChI is InChI=1S/C17H31N3O/c21-16-10-8-6-4-2-1-3-5-7-9-11-18-12-14-20-15-13-19-17-20/h13,15-18H,1-12,14H2/p+1. The van der Waals surface area contributed by atoms with Crippen LogP contribution in [0, 0.1) is 0 Å². The molecule has 4 nitrogen and oxygen atoms in total. The third-order valence-corrected chi connectivity index (χ3v) is 3.82. The van der Waals surface area contributed by atoms with Gasteiger partial charge in [-0.25, -0.2) is 4.57 Å². The van der Waals surface area contributed by atoms with Gasteiger partial charge in [-0.15, -0.1) is 0 Å². The minimum Gasteiger partial charge on any atom is -0.313 e. The van der Waals surface area contributed by atoms with E-state index in [1.807, 2.05) is 12.5 Å². The molecule has 0 radical (unpaired) electrons. The minimum absolute atomic E-state index is 0.746. The number of carbonyl (C=O) groups is 1. The zero-order valence-electron chi connectivity index (χ0n) is 13.4. The number of rotatable bonds is 15. The minimum atomic E-state index is 0.746. The number of hydrogen-bond acceptors (Lipinski definition) is 2. The van der Waals surface area contributed by atoms with Crippen LogP contribution in [0.5, 0.6) is 0 Å². The molecule has 0 saturated carbocycles. The second-order valence-corrected chi connectivity index (χ2v) is 5.74. The van der Waals surface area contributed by atoms with Gasteiger partial charge in [-0.3, -0.25) is 4.98 Å². The summed E-state index contributed by atoms with van der Waals surface area (Å²) in [5.74, 6) is 0. The number of unbranched alkanes of at least 4 members (excludes halogenated alkanes) is 9. The largest absolute Gasteiger partial charge is 0.313 e. The summed E-state index contributed by atoms with van der Waals surface area (Å²) in [5.41, 5.74) is 0. The van der Waals surface area contributed by atoms with Crippen LogP contribution in [0.15, 0.2) is 18.7 Å². The number of aromatic amines is 1. The fourth-order valence-electron chi connectivity index (χ4n) is 2.51. The van der Waals surface area contributed by atoms with Crippen LogP contribution in [-0.4, -0.2) is 24.4 Å². The zero-order valence-corrected chi connectivity index (χ0v) is 13.4. The number of hydrogen-bond donors (Lipinski definition) is 2. The molecule has 0 aliphatic carbocycles. The fourth-order valence-corrected chi connectivity index (χ4v) is 2.51. The summed E-state index contributed by atoms with van der Waals surface area (Å²) in [5, 5.41) is 3.49. The molecule has 21 heavy (non-hydrogen) atoms. The van der Waals surface area contributed by atoms with Gasteiger partial charge >= 0.3 is 0 Å². The van der Waals surface area contributed by atoms with Crippen molar-refractivity contribution in [1.29, 1.82) is 0 Å². The maximum absolute atomic E-state index is 10.2. The first-order chi connectivity index (χ1) is 10.4. The van der Waals surface area contributed by atoms with Gasteiger partial charge in [-0.2, -0.15) is 0 Å². The second-order valence-electron chi connectivity index (χ2n) is 5.74. The highest BCUT2D eigenvalue weighted by molar-refractivity contribution is 5.48. The maximum atomic E-state index is 10.2. The number of nitrogens with zero attached hydrogens (tertiary/aromatic N) is 1. The summed E-state index contributed by atoms with van der Waals surface area (Å²) in [6, 6.07) is 0. The quantitative estimate of drug-likeness (QED) is 0.297. The molecule has 0 bridgehead atoms. The van der Waals surface area contributed by atoms with E-state index in [1.54, 1.807) is 0 Å². The molecular formula is C17H32N3O+. The summed E-state index contributed by atoms with van der Waals surface area (Å²) >= 11 is 0. The Balaban J connectivity index is 1.70. The van der Waals surface area contributed by atoms with E-state index in [-0.39, 0.29) is 0 Å². The lowest BCUT2D eigenvalue weighted by Gasteiger charge is -2.04. The van der Waals surface area contributed by atoms with Gasteiger partial charge < -0.3 is 10.1 Å². The second kappa shape index (κ2) is 13.8. The van der Waals surface area contributed by atoms with Gasteiger partial charge in [0.1, 0.15) is 25.2 Å². The van der Waals surface area contributed by atoms with Crippen molar-refractivity contribution in [1.82, 2.24) is 10.3 Å². The number of imidazole rings is 1. The molecule has 1 rings (SSSR count). The maximum Gasteiger partial charge on any atom is 0.241 e. The smallest absolute Gasteiger partial charge is 0.241 e. The summed E-state index contributed by atoms with van der Waals surface area (Å²) in [6.45, 7) is 3.22. The summed E-state index contributed by atoms with van der Waals surface area (Å²) in [6.07, 6.45) is 19.4. The first-order valence-electron chi connectivity index (χ1n) is 8.59. The molecule has 0 aliphatic heterocycles. The average molecular weight is 294 g/mol. The number of carbonyl (C=O) groups excluding carboxylic acids is 1. The van der Waals surface area contributed by atoms with Crippen LogP contribution in [0.3, 0.4) is 0 Å². The summed E-state index contributed by atoms with van der Waals surface area (Å²) < 4.78 is 2.15. The molecule has 4 heteroatoms. The Morgan fingerprint density at radius 2 is 1.57 bits per heavy atom. The molecule has 1 heterocycles. The van der Waals surface area contributed by atoms with Gasteiger partial charge in [-0.05, 0) is 19.4 Å². The van der Waals surface area contributed by atoms with Crippen LogP contribution in [0.25, 0.3) is 0 Å². The highest BCUT2D eigenvalue weighted by Gasteiger charge is 1.96. The molecular weight excluding hydrogens is 262 g/mol. The molecule has 0 aliphatic rings. The lowest BCUT2D eigenvalue weighted by atomic mass is 10.1. The lowest BCUT2D eigenvalue weighted by Crippen LogP contribution is -2.37. The van der Waals surface area contributed by atoms with Crippen LogP contribution < -0.4 is 9.88 Å². The molecule has 2 N–H and O–H groups in total. The van der Waals surface area contributed by atoms with Crippen molar-refractivity contribution in [3.8, 4) is 0 Å². The molecule has 0 saturated heterocycles. The summed E-state index contributed by atoms with van der Waals surface area (Å²) in [7, 11) is 0. The average Bonchev–Trinajstić information content (AvgIpc) is 3.01. The molecule has 0 atom stereocenters. The van der Waals surface area contributed by atoms with Crippen LogP contribution in [0.2, 0.25) is 0 Å². The van der Waals surface area contributed by atoms with Crippen molar-refractivity contribution in [2.24, 2.45) is 0 Å². The van der Waals surface area contributed by atoms with E-state index in [2.05, 4.69) is 21.1 Å². The molecule has 1 aromatic heterocycles. The number of aldehydes is 1. The predicted molar refractivity (Wildman–Crippen MR) is 86.1 cm³/mol. The van der Waals surface area contributed by atoms with Crippen LogP contribution in [0.1, 0.15) is 64.2 Å². The van der Waals surface area contributed by atoms with E-state index in [0.717, 1.165) is 38.8 Å². The third kappa shape index (κ3) is 11.2. The van der Waals surface area contributed by atoms with Crippen LogP contribution in [0.4, 0.5) is 0 Å². The van der Waals surface area contributed by atoms with E-state index >= 15 is 0 Å². The molecule has 1 aromatic rings. The third-order valence-electron chi connectivity index (χ3n) is 3.82. The van der Waals surface area contributed by atoms with Gasteiger partial charge in [0.25, 0.3) is 0 Å². The van der Waals surface area contributed by atoms with Crippen LogP contribution >= 0.6 is 0 Å². The van der Waals surface area contributed by atoms with Crippen molar-refractivity contribution in [2.45, 2.75) is 70.8 Å². The van der Waals surface area contributed by atoms with Crippen molar-refractivity contribution in [3.63, 3.8) is 0 Å². The monoisotopic (exact) mass is 294 g/mol. The highest BCUT2D eigenvalue weighted by atomic mass is 16.1. The SMILES string of the molecule is O=CCCCCCCCCCCCNCC[n+]1cc[nH]c1. The Morgan fingerprint density at radius 1 is 0.905 bits per heavy atom. The molecule has 0 aromatic carbocycles. The van der Waals surface area contributed by atoms with Gasteiger partial charge in [-0.1, -0.05) is 44.9 Å². The molecule has 0 spiro atoms. The number of aromatic nitrogens is 2. The van der Waals surface area contributed by atoms with Gasteiger partial charge in [0.2, 0.25) is 6.33 Å².